The van der Waals surface area contributed by atoms with Crippen LogP contribution in [-0.4, -0.2) is 85.6 Å². The van der Waals surface area contributed by atoms with Gasteiger partial charge >= 0.3 is 0 Å². The Morgan fingerprint density at radius 1 is 1.15 bits per heavy atom. The number of aromatic nitrogens is 3. The Balaban J connectivity index is 1.74. The molecule has 1 amide bonds. The van der Waals surface area contributed by atoms with E-state index in [0.717, 1.165) is 0 Å². The second-order valence-electron chi connectivity index (χ2n) is 8.63. The van der Waals surface area contributed by atoms with E-state index in [4.69, 9.17) is 42.1 Å². The van der Waals surface area contributed by atoms with Gasteiger partial charge in [-0.3, -0.25) is 14.2 Å². The fourth-order valence-corrected chi connectivity index (χ4v) is 4.89. The molecule has 11 nitrogen and oxygen atoms in total. The number of hydrogen-bond acceptors (Lipinski definition) is 9. The van der Waals surface area contributed by atoms with Gasteiger partial charge in [0.05, 0.1) is 55.7 Å². The van der Waals surface area contributed by atoms with E-state index >= 15 is 0 Å². The number of fused-ring (bicyclic) bond motifs is 1. The number of nitrogens with zero attached hydrogens (tertiary/aromatic N) is 4. The van der Waals surface area contributed by atoms with Gasteiger partial charge in [0.2, 0.25) is 11.9 Å². The summed E-state index contributed by atoms with van der Waals surface area (Å²) in [5.74, 6) is 0.815. The number of likely N-dealkylation sites (tertiary alicyclic amines) is 1. The maximum atomic E-state index is 13.9. The minimum absolute atomic E-state index is 0.133. The molecule has 1 aliphatic rings. The summed E-state index contributed by atoms with van der Waals surface area (Å²) in [7, 11) is 4.52. The predicted octanol–water partition coefficient (Wildman–Crippen LogP) is 3.25. The van der Waals surface area contributed by atoms with Crippen molar-refractivity contribution >= 4 is 46.1 Å². The summed E-state index contributed by atoms with van der Waals surface area (Å²) in [4.78, 5) is 36.2. The van der Waals surface area contributed by atoms with E-state index in [1.54, 1.807) is 30.3 Å². The third-order valence-electron chi connectivity index (χ3n) is 6.26. The average molecular weight is 578 g/mol. The van der Waals surface area contributed by atoms with Gasteiger partial charge in [0, 0.05) is 50.0 Å². The van der Waals surface area contributed by atoms with Crippen LogP contribution < -0.4 is 20.3 Å². The molecule has 2 aromatic heterocycles. The molecule has 4 rings (SSSR count). The summed E-state index contributed by atoms with van der Waals surface area (Å²) in [6, 6.07) is 3.20. The highest BCUT2D eigenvalue weighted by Crippen LogP contribution is 2.45. The number of methoxy groups -OCH3 is 3. The van der Waals surface area contributed by atoms with Gasteiger partial charge in [-0.25, -0.2) is 4.98 Å². The highest BCUT2D eigenvalue weighted by molar-refractivity contribution is 6.41. The third kappa shape index (κ3) is 5.96. The third-order valence-corrected chi connectivity index (χ3v) is 7.01. The molecule has 13 heteroatoms. The van der Waals surface area contributed by atoms with Crippen molar-refractivity contribution in [2.24, 2.45) is 0 Å². The van der Waals surface area contributed by atoms with Crippen LogP contribution in [0.25, 0.3) is 22.2 Å². The molecular weight excluding hydrogens is 549 g/mol. The fraction of sp³-hybridized carbons (Fsp3) is 0.385. The van der Waals surface area contributed by atoms with Crippen LogP contribution >= 0.6 is 23.2 Å². The van der Waals surface area contributed by atoms with E-state index in [1.165, 1.54) is 24.9 Å². The molecule has 1 N–H and O–H groups in total. The number of carbonyl (C=O) groups is 1. The molecule has 0 atom stereocenters. The Labute approximate surface area is 235 Å². The minimum atomic E-state index is -0.385. The number of pyridine rings is 1. The Bertz CT molecular complexity index is 1410. The van der Waals surface area contributed by atoms with Gasteiger partial charge in [-0.1, -0.05) is 29.8 Å². The lowest BCUT2D eigenvalue weighted by Gasteiger charge is -2.38. The second-order valence-corrected chi connectivity index (χ2v) is 9.39. The number of halogens is 2. The highest BCUT2D eigenvalue weighted by Gasteiger charge is 2.30. The van der Waals surface area contributed by atoms with Gasteiger partial charge in [-0.15, -0.1) is 0 Å². The van der Waals surface area contributed by atoms with Crippen molar-refractivity contribution in [3.63, 3.8) is 0 Å². The Morgan fingerprint density at radius 3 is 2.46 bits per heavy atom. The molecule has 0 spiro atoms. The quantitative estimate of drug-likeness (QED) is 0.255. The first kappa shape index (κ1) is 28.6. The molecule has 0 saturated carbocycles. The van der Waals surface area contributed by atoms with Crippen LogP contribution in [0.1, 0.15) is 0 Å². The zero-order valence-electron chi connectivity index (χ0n) is 21.8. The van der Waals surface area contributed by atoms with Crippen LogP contribution in [0.2, 0.25) is 10.0 Å². The van der Waals surface area contributed by atoms with Crippen LogP contribution in [-0.2, 0) is 20.8 Å². The van der Waals surface area contributed by atoms with E-state index in [2.05, 4.69) is 21.9 Å². The molecule has 0 radical (unpaired) electrons. The van der Waals surface area contributed by atoms with Gasteiger partial charge in [0.15, 0.2) is 0 Å². The zero-order chi connectivity index (χ0) is 28.1. The van der Waals surface area contributed by atoms with Crippen molar-refractivity contribution < 1.29 is 23.7 Å². The number of ether oxygens (including phenoxy) is 4. The molecular formula is C26H29Cl2N5O6. The number of hydrogen-bond donors (Lipinski definition) is 1. The molecule has 39 heavy (non-hydrogen) atoms. The largest absolute Gasteiger partial charge is 0.495 e. The standard InChI is InChI=1S/C26H29Cl2N5O6/c1-5-20(34)32-13-16(14-32)39-9-7-33-24-15(12-30-26(31-24)29-6-8-36-2)10-17(25(33)35)21-22(27)18(37-3)11-19(38-4)23(21)28/h5,10-12,16H,1,6-9,13-14H2,2-4H3,(H,29,30,31). The predicted molar refractivity (Wildman–Crippen MR) is 149 cm³/mol. The van der Waals surface area contributed by atoms with Crippen LogP contribution in [0.15, 0.2) is 35.8 Å². The number of carbonyl (C=O) groups excluding carboxylic acids is 1. The van der Waals surface area contributed by atoms with Crippen molar-refractivity contribution in [3.8, 4) is 22.6 Å². The topological polar surface area (TPSA) is 117 Å². The number of amides is 1. The molecule has 208 valence electrons. The number of rotatable bonds is 12. The van der Waals surface area contributed by atoms with Gasteiger partial charge < -0.3 is 29.2 Å². The second kappa shape index (κ2) is 12.6. The molecule has 0 unspecified atom stereocenters. The molecule has 3 heterocycles. The fourth-order valence-electron chi connectivity index (χ4n) is 4.18. The maximum absolute atomic E-state index is 13.9. The molecule has 1 aromatic carbocycles. The SMILES string of the molecule is C=CC(=O)N1CC(OCCn2c(=O)c(-c3c(Cl)c(OC)cc(OC)c3Cl)cc3cnc(NCCOC)nc32)C1. The van der Waals surface area contributed by atoms with E-state index in [9.17, 15) is 9.59 Å². The summed E-state index contributed by atoms with van der Waals surface area (Å²) in [5, 5.41) is 4.00. The number of anilines is 1. The van der Waals surface area contributed by atoms with Crippen LogP contribution in [0.5, 0.6) is 11.5 Å². The average Bonchev–Trinajstić information content (AvgIpc) is 2.91. The van der Waals surface area contributed by atoms with E-state index in [1.807, 2.05) is 0 Å². The van der Waals surface area contributed by atoms with Crippen LogP contribution in [0, 0.1) is 0 Å². The Morgan fingerprint density at radius 2 is 1.85 bits per heavy atom. The number of nitrogens with one attached hydrogen (secondary N) is 1. The van der Waals surface area contributed by atoms with Gasteiger partial charge in [-0.2, -0.15) is 4.98 Å². The van der Waals surface area contributed by atoms with E-state index in [0.29, 0.717) is 54.7 Å². The molecule has 0 bridgehead atoms. The van der Waals surface area contributed by atoms with Gasteiger partial charge in [0.25, 0.3) is 5.56 Å². The van der Waals surface area contributed by atoms with E-state index in [-0.39, 0.29) is 51.9 Å². The van der Waals surface area contributed by atoms with Gasteiger partial charge in [0.1, 0.15) is 17.1 Å². The molecule has 1 saturated heterocycles. The molecule has 1 fully saturated rings. The number of benzene rings is 1. The first-order valence-electron chi connectivity index (χ1n) is 12.1. The normalized spacial score (nSPS) is 13.3. The molecule has 0 aliphatic carbocycles. The smallest absolute Gasteiger partial charge is 0.260 e. The monoisotopic (exact) mass is 577 g/mol. The van der Waals surface area contributed by atoms with Crippen molar-refractivity contribution in [1.29, 1.82) is 0 Å². The van der Waals surface area contributed by atoms with Crippen molar-refractivity contribution in [1.82, 2.24) is 19.4 Å². The Hall–Kier alpha value is -3.38. The summed E-state index contributed by atoms with van der Waals surface area (Å²) >= 11 is 13.3. The molecule has 3 aromatic rings. The van der Waals surface area contributed by atoms with Crippen molar-refractivity contribution in [2.75, 3.05) is 59.5 Å². The molecule has 1 aliphatic heterocycles. The Kier molecular flexibility index (Phi) is 9.28. The van der Waals surface area contributed by atoms with Crippen LogP contribution in [0.4, 0.5) is 5.95 Å². The summed E-state index contributed by atoms with van der Waals surface area (Å²) in [6.45, 7) is 5.76. The minimum Gasteiger partial charge on any atom is -0.495 e. The lowest BCUT2D eigenvalue weighted by molar-refractivity contribution is -0.139. The first-order chi connectivity index (χ1) is 18.8. The zero-order valence-corrected chi connectivity index (χ0v) is 23.3. The lowest BCUT2D eigenvalue weighted by Crippen LogP contribution is -2.54. The lowest BCUT2D eigenvalue weighted by atomic mass is 10.0. The summed E-state index contributed by atoms with van der Waals surface area (Å²) < 4.78 is 23.3. The maximum Gasteiger partial charge on any atom is 0.260 e. The van der Waals surface area contributed by atoms with E-state index < -0.39 is 0 Å². The summed E-state index contributed by atoms with van der Waals surface area (Å²) in [6.07, 6.45) is 2.75. The van der Waals surface area contributed by atoms with Crippen molar-refractivity contribution in [3.05, 3.63) is 51.4 Å². The summed E-state index contributed by atoms with van der Waals surface area (Å²) in [5.41, 5.74) is 0.519. The first-order valence-corrected chi connectivity index (χ1v) is 12.8. The highest BCUT2D eigenvalue weighted by atomic mass is 35.5. The van der Waals surface area contributed by atoms with Crippen LogP contribution in [0.3, 0.4) is 0 Å². The van der Waals surface area contributed by atoms with Crippen molar-refractivity contribution in [2.45, 2.75) is 12.6 Å². The van der Waals surface area contributed by atoms with Gasteiger partial charge in [-0.05, 0) is 12.1 Å².